The normalized spacial score (nSPS) is 18.1. The van der Waals surface area contributed by atoms with Crippen LogP contribution in [0.2, 0.25) is 0 Å². The summed E-state index contributed by atoms with van der Waals surface area (Å²) in [5.74, 6) is -10.00. The fourth-order valence-corrected chi connectivity index (χ4v) is 1.46. The first kappa shape index (κ1) is 15.6. The molecule has 1 aromatic rings. The lowest BCUT2D eigenvalue weighted by Crippen LogP contribution is -2.49. The molecule has 0 bridgehead atoms. The Labute approximate surface area is 107 Å². The Bertz CT molecular complexity index is 554. The SMILES string of the molecule is Fc1nc(F)c(F)c(N2OC2(C(F)(F)F)C(F)(F)F)c1F. The van der Waals surface area contributed by atoms with Gasteiger partial charge >= 0.3 is 18.1 Å². The van der Waals surface area contributed by atoms with Crippen molar-refractivity contribution in [3.63, 3.8) is 0 Å². The molecule has 1 aromatic heterocycles. The zero-order chi connectivity index (χ0) is 16.4. The number of alkyl halides is 6. The minimum Gasteiger partial charge on any atom is -0.220 e. The number of nitrogens with zero attached hydrogens (tertiary/aromatic N) is 2. The molecule has 0 N–H and O–H groups in total. The number of hydrogen-bond acceptors (Lipinski definition) is 3. The third kappa shape index (κ3) is 1.98. The predicted molar refractivity (Wildman–Crippen MR) is 42.5 cm³/mol. The largest absolute Gasteiger partial charge is 0.451 e. The fraction of sp³-hybridized carbons (Fsp3) is 0.375. The number of anilines is 1. The molecule has 0 atom stereocenters. The average molecular weight is 330 g/mol. The molecule has 0 radical (unpaired) electrons. The molecule has 13 heteroatoms. The molecule has 1 aliphatic heterocycles. The van der Waals surface area contributed by atoms with Crippen molar-refractivity contribution in [3.8, 4) is 0 Å². The van der Waals surface area contributed by atoms with E-state index in [1.165, 1.54) is 0 Å². The number of pyridine rings is 1. The van der Waals surface area contributed by atoms with Crippen molar-refractivity contribution >= 4 is 5.69 Å². The summed E-state index contributed by atoms with van der Waals surface area (Å²) in [4.78, 5) is 5.22. The second-order valence-electron chi connectivity index (χ2n) is 3.70. The molecule has 118 valence electrons. The van der Waals surface area contributed by atoms with Crippen LogP contribution in [-0.2, 0) is 4.84 Å². The van der Waals surface area contributed by atoms with E-state index in [1.807, 2.05) is 4.98 Å². The summed E-state index contributed by atoms with van der Waals surface area (Å²) in [6, 6.07) is 0. The monoisotopic (exact) mass is 330 g/mol. The Morgan fingerprint density at radius 2 is 1.19 bits per heavy atom. The number of halogens is 10. The van der Waals surface area contributed by atoms with Gasteiger partial charge in [0.1, 0.15) is 5.69 Å². The van der Waals surface area contributed by atoms with Gasteiger partial charge < -0.3 is 0 Å². The Morgan fingerprint density at radius 3 is 1.48 bits per heavy atom. The van der Waals surface area contributed by atoms with Crippen LogP contribution < -0.4 is 5.06 Å². The van der Waals surface area contributed by atoms with Gasteiger partial charge in [-0.1, -0.05) is 0 Å². The molecule has 21 heavy (non-hydrogen) atoms. The molecule has 0 amide bonds. The van der Waals surface area contributed by atoms with E-state index in [4.69, 9.17) is 0 Å². The second kappa shape index (κ2) is 4.11. The lowest BCUT2D eigenvalue weighted by Gasteiger charge is -2.18. The number of hydroxylamine groups is 1. The summed E-state index contributed by atoms with van der Waals surface area (Å²) in [5, 5.41) is -1.34. The highest BCUT2D eigenvalue weighted by atomic mass is 19.4. The molecule has 0 unspecified atom stereocenters. The van der Waals surface area contributed by atoms with Crippen LogP contribution in [0.4, 0.5) is 49.6 Å². The fourth-order valence-electron chi connectivity index (χ4n) is 1.46. The van der Waals surface area contributed by atoms with Crippen molar-refractivity contribution in [2.75, 3.05) is 5.06 Å². The van der Waals surface area contributed by atoms with Crippen LogP contribution in [0.1, 0.15) is 0 Å². The van der Waals surface area contributed by atoms with Crippen molar-refractivity contribution in [1.82, 2.24) is 4.98 Å². The molecule has 0 aromatic carbocycles. The van der Waals surface area contributed by atoms with Gasteiger partial charge in [-0.3, -0.25) is 0 Å². The lowest BCUT2D eigenvalue weighted by molar-refractivity contribution is -0.291. The van der Waals surface area contributed by atoms with Gasteiger partial charge in [0.2, 0.25) is 11.6 Å². The molecule has 0 saturated carbocycles. The molecule has 1 saturated heterocycles. The van der Waals surface area contributed by atoms with E-state index in [2.05, 4.69) is 4.84 Å². The van der Waals surface area contributed by atoms with Gasteiger partial charge in [-0.2, -0.15) is 54.0 Å². The van der Waals surface area contributed by atoms with Crippen molar-refractivity contribution < 1.29 is 48.7 Å². The minimum atomic E-state index is -6.18. The van der Waals surface area contributed by atoms with Crippen LogP contribution in [0.25, 0.3) is 0 Å². The maximum Gasteiger partial charge on any atom is 0.451 e. The van der Waals surface area contributed by atoms with Crippen molar-refractivity contribution in [3.05, 3.63) is 23.5 Å². The predicted octanol–water partition coefficient (Wildman–Crippen LogP) is 3.21. The zero-order valence-electron chi connectivity index (χ0n) is 9.08. The van der Waals surface area contributed by atoms with E-state index in [0.717, 1.165) is 0 Å². The van der Waals surface area contributed by atoms with E-state index in [1.54, 1.807) is 0 Å². The van der Waals surface area contributed by atoms with Gasteiger partial charge in [-0.15, -0.1) is 0 Å². The molecule has 1 fully saturated rings. The highest BCUT2D eigenvalue weighted by Gasteiger charge is 2.88. The van der Waals surface area contributed by atoms with Crippen LogP contribution in [0.3, 0.4) is 0 Å². The Kier molecular flexibility index (Phi) is 3.05. The number of aromatic nitrogens is 1. The molecule has 2 rings (SSSR count). The maximum atomic E-state index is 13.2. The average Bonchev–Trinajstić information content (AvgIpc) is 3.02. The van der Waals surface area contributed by atoms with Crippen molar-refractivity contribution in [2.45, 2.75) is 18.1 Å². The Hall–Kier alpha value is -1.79. The first-order chi connectivity index (χ1) is 9.34. The van der Waals surface area contributed by atoms with E-state index >= 15 is 0 Å². The van der Waals surface area contributed by atoms with Crippen LogP contribution >= 0.6 is 0 Å². The summed E-state index contributed by atoms with van der Waals surface area (Å²) in [7, 11) is 0. The summed E-state index contributed by atoms with van der Waals surface area (Å²) < 4.78 is 126. The topological polar surface area (TPSA) is 28.4 Å². The maximum absolute atomic E-state index is 13.2. The Balaban J connectivity index is 2.62. The summed E-state index contributed by atoms with van der Waals surface area (Å²) in [6.07, 6.45) is -12.4. The van der Waals surface area contributed by atoms with Gasteiger partial charge in [0, 0.05) is 0 Å². The van der Waals surface area contributed by atoms with Gasteiger partial charge in [-0.25, -0.2) is 4.84 Å². The Morgan fingerprint density at radius 1 is 0.810 bits per heavy atom. The van der Waals surface area contributed by atoms with E-state index in [9.17, 15) is 43.9 Å². The summed E-state index contributed by atoms with van der Waals surface area (Å²) in [5.41, 5.74) is -7.42. The van der Waals surface area contributed by atoms with Crippen LogP contribution in [0, 0.1) is 23.5 Å². The van der Waals surface area contributed by atoms with Gasteiger partial charge in [0.25, 0.3) is 11.9 Å². The lowest BCUT2D eigenvalue weighted by atomic mass is 10.2. The van der Waals surface area contributed by atoms with Gasteiger partial charge in [0.15, 0.2) is 0 Å². The number of hydrogen-bond donors (Lipinski definition) is 0. The number of rotatable bonds is 1. The molecule has 0 spiro atoms. The van der Waals surface area contributed by atoms with E-state index in [0.29, 0.717) is 0 Å². The standard InChI is InChI=1S/C8F10N2O/c9-1-3(2(10)5(12)19-4(1)11)20-6(21-20,7(13,14)15)8(16,17)18. The van der Waals surface area contributed by atoms with Gasteiger partial charge in [0.05, 0.1) is 0 Å². The van der Waals surface area contributed by atoms with Crippen LogP contribution in [-0.4, -0.2) is 23.1 Å². The molecule has 0 aliphatic carbocycles. The zero-order valence-corrected chi connectivity index (χ0v) is 9.08. The van der Waals surface area contributed by atoms with Crippen LogP contribution in [0.5, 0.6) is 0 Å². The molecular weight excluding hydrogens is 330 g/mol. The smallest absolute Gasteiger partial charge is 0.220 e. The van der Waals surface area contributed by atoms with Gasteiger partial charge in [-0.05, 0) is 0 Å². The summed E-state index contributed by atoms with van der Waals surface area (Å²) in [6.45, 7) is 0. The minimum absolute atomic E-state index is 1.34. The van der Waals surface area contributed by atoms with Crippen molar-refractivity contribution in [2.24, 2.45) is 0 Å². The highest BCUT2D eigenvalue weighted by molar-refractivity contribution is 5.53. The highest BCUT2D eigenvalue weighted by Crippen LogP contribution is 2.60. The van der Waals surface area contributed by atoms with Crippen LogP contribution in [0.15, 0.2) is 0 Å². The molecular formula is C8F10N2O. The van der Waals surface area contributed by atoms with E-state index < -0.39 is 52.4 Å². The first-order valence-corrected chi connectivity index (χ1v) is 4.67. The third-order valence-corrected chi connectivity index (χ3v) is 2.42. The van der Waals surface area contributed by atoms with E-state index in [-0.39, 0.29) is 0 Å². The van der Waals surface area contributed by atoms with Crippen molar-refractivity contribution in [1.29, 1.82) is 0 Å². The third-order valence-electron chi connectivity index (χ3n) is 2.42. The molecule has 1 aliphatic rings. The quantitative estimate of drug-likeness (QED) is 0.450. The molecule has 2 heterocycles. The second-order valence-corrected chi connectivity index (χ2v) is 3.70. The summed E-state index contributed by atoms with van der Waals surface area (Å²) >= 11 is 0. The first-order valence-electron chi connectivity index (χ1n) is 4.67. The molecule has 3 nitrogen and oxygen atoms in total.